The molecule has 0 aromatic heterocycles. The summed E-state index contributed by atoms with van der Waals surface area (Å²) in [6.45, 7) is 4.18. The number of hydrogen-bond acceptors (Lipinski definition) is 2. The van der Waals surface area contributed by atoms with E-state index in [1.165, 1.54) is 24.8 Å². The second-order valence-electron chi connectivity index (χ2n) is 6.17. The average Bonchev–Trinajstić information content (AvgIpc) is 2.52. The summed E-state index contributed by atoms with van der Waals surface area (Å²) >= 11 is 0. The highest BCUT2D eigenvalue weighted by molar-refractivity contribution is 5.83. The molecule has 126 valence electrons. The van der Waals surface area contributed by atoms with Crippen LogP contribution >= 0.6 is 0 Å². The first-order chi connectivity index (χ1) is 11.1. The fourth-order valence-corrected chi connectivity index (χ4v) is 2.72. The highest BCUT2D eigenvalue weighted by atomic mass is 16.2. The molecule has 2 N–H and O–H groups in total. The Balaban J connectivity index is 1.68. The Morgan fingerprint density at radius 1 is 0.957 bits per heavy atom. The summed E-state index contributed by atoms with van der Waals surface area (Å²) < 4.78 is 0. The third kappa shape index (κ3) is 6.30. The highest BCUT2D eigenvalue weighted by Crippen LogP contribution is 2.10. The number of nitrogens with zero attached hydrogens (tertiary/aromatic N) is 1. The van der Waals surface area contributed by atoms with Gasteiger partial charge in [-0.3, -0.25) is 4.79 Å². The number of aryl methyl sites for hydroxylation is 1. The average molecular weight is 317 g/mol. The van der Waals surface area contributed by atoms with Crippen LogP contribution in [0.5, 0.6) is 0 Å². The second-order valence-corrected chi connectivity index (χ2v) is 6.17. The van der Waals surface area contributed by atoms with E-state index >= 15 is 0 Å². The quantitative estimate of drug-likeness (QED) is 0.896. The van der Waals surface area contributed by atoms with Gasteiger partial charge in [0.25, 0.3) is 0 Å². The van der Waals surface area contributed by atoms with Crippen LogP contribution in [0.15, 0.2) is 24.3 Å². The molecule has 0 aliphatic carbocycles. The van der Waals surface area contributed by atoms with Crippen LogP contribution in [-0.4, -0.2) is 36.5 Å². The standard InChI is InChI=1S/C18H27N3O2/c1-15-7-9-16(10-8-15)13-19-18(23)20-14-17(22)21-11-5-3-2-4-6-12-21/h7-10H,2-6,11-14H2,1H3,(H2,19,20,23). The van der Waals surface area contributed by atoms with Gasteiger partial charge in [0.15, 0.2) is 0 Å². The van der Waals surface area contributed by atoms with E-state index < -0.39 is 0 Å². The normalized spacial score (nSPS) is 15.4. The monoisotopic (exact) mass is 317 g/mol. The van der Waals surface area contributed by atoms with Gasteiger partial charge in [-0.25, -0.2) is 4.79 Å². The number of carbonyl (C=O) groups is 2. The van der Waals surface area contributed by atoms with Crippen molar-refractivity contribution in [3.05, 3.63) is 35.4 Å². The third-order valence-corrected chi connectivity index (χ3v) is 4.18. The minimum atomic E-state index is -0.300. The molecule has 1 aromatic rings. The lowest BCUT2D eigenvalue weighted by Crippen LogP contribution is -2.44. The van der Waals surface area contributed by atoms with Crippen molar-refractivity contribution in [1.29, 1.82) is 0 Å². The van der Waals surface area contributed by atoms with Crippen LogP contribution in [0.3, 0.4) is 0 Å². The van der Waals surface area contributed by atoms with E-state index in [0.717, 1.165) is 31.5 Å². The van der Waals surface area contributed by atoms with E-state index in [2.05, 4.69) is 10.6 Å². The van der Waals surface area contributed by atoms with Gasteiger partial charge in [-0.2, -0.15) is 0 Å². The van der Waals surface area contributed by atoms with Crippen molar-refractivity contribution >= 4 is 11.9 Å². The largest absolute Gasteiger partial charge is 0.341 e. The first-order valence-electron chi connectivity index (χ1n) is 8.50. The van der Waals surface area contributed by atoms with E-state index in [4.69, 9.17) is 0 Å². The lowest BCUT2D eigenvalue weighted by atomic mass is 10.1. The molecule has 23 heavy (non-hydrogen) atoms. The first kappa shape index (κ1) is 17.3. The molecule has 1 heterocycles. The molecule has 1 fully saturated rings. The summed E-state index contributed by atoms with van der Waals surface area (Å²) in [6.07, 6.45) is 5.76. The molecule has 3 amide bonds. The summed E-state index contributed by atoms with van der Waals surface area (Å²) in [7, 11) is 0. The first-order valence-corrected chi connectivity index (χ1v) is 8.50. The van der Waals surface area contributed by atoms with Crippen LogP contribution in [0.4, 0.5) is 4.79 Å². The van der Waals surface area contributed by atoms with Gasteiger partial charge < -0.3 is 15.5 Å². The topological polar surface area (TPSA) is 61.4 Å². The van der Waals surface area contributed by atoms with Crippen LogP contribution in [0, 0.1) is 6.92 Å². The Labute approximate surface area is 138 Å². The van der Waals surface area contributed by atoms with E-state index in [1.807, 2.05) is 36.1 Å². The van der Waals surface area contributed by atoms with Crippen molar-refractivity contribution in [3.8, 4) is 0 Å². The van der Waals surface area contributed by atoms with Crippen LogP contribution in [-0.2, 0) is 11.3 Å². The maximum atomic E-state index is 12.2. The molecule has 0 atom stereocenters. The van der Waals surface area contributed by atoms with E-state index in [-0.39, 0.29) is 18.5 Å². The summed E-state index contributed by atoms with van der Waals surface area (Å²) in [4.78, 5) is 25.8. The van der Waals surface area contributed by atoms with E-state index in [0.29, 0.717) is 6.54 Å². The van der Waals surface area contributed by atoms with Crippen LogP contribution in [0.2, 0.25) is 0 Å². The van der Waals surface area contributed by atoms with Gasteiger partial charge >= 0.3 is 6.03 Å². The maximum absolute atomic E-state index is 12.2. The number of rotatable bonds is 4. The van der Waals surface area contributed by atoms with Crippen molar-refractivity contribution in [2.75, 3.05) is 19.6 Å². The Bertz CT molecular complexity index is 506. The molecule has 0 radical (unpaired) electrons. The Morgan fingerprint density at radius 2 is 1.57 bits per heavy atom. The maximum Gasteiger partial charge on any atom is 0.315 e. The van der Waals surface area contributed by atoms with Gasteiger partial charge in [-0.05, 0) is 25.3 Å². The summed E-state index contributed by atoms with van der Waals surface area (Å²) in [5, 5.41) is 5.43. The molecule has 5 heteroatoms. The zero-order chi connectivity index (χ0) is 16.5. The lowest BCUT2D eigenvalue weighted by Gasteiger charge is -2.24. The molecule has 1 aliphatic rings. The van der Waals surface area contributed by atoms with Crippen molar-refractivity contribution in [3.63, 3.8) is 0 Å². The van der Waals surface area contributed by atoms with Gasteiger partial charge in [0.2, 0.25) is 5.91 Å². The molecular formula is C18H27N3O2. The highest BCUT2D eigenvalue weighted by Gasteiger charge is 2.15. The number of amides is 3. The number of urea groups is 1. The Kier molecular flexibility index (Phi) is 6.91. The van der Waals surface area contributed by atoms with Gasteiger partial charge in [-0.15, -0.1) is 0 Å². The van der Waals surface area contributed by atoms with Crippen molar-refractivity contribution < 1.29 is 9.59 Å². The Hall–Kier alpha value is -2.04. The molecule has 0 unspecified atom stereocenters. The van der Waals surface area contributed by atoms with Crippen LogP contribution in [0.25, 0.3) is 0 Å². The number of benzene rings is 1. The number of hydrogen-bond donors (Lipinski definition) is 2. The zero-order valence-corrected chi connectivity index (χ0v) is 13.9. The zero-order valence-electron chi connectivity index (χ0n) is 13.9. The molecule has 5 nitrogen and oxygen atoms in total. The Morgan fingerprint density at radius 3 is 2.22 bits per heavy atom. The van der Waals surface area contributed by atoms with Crippen molar-refractivity contribution in [1.82, 2.24) is 15.5 Å². The fraction of sp³-hybridized carbons (Fsp3) is 0.556. The molecule has 1 aliphatic heterocycles. The van der Waals surface area contributed by atoms with Crippen molar-refractivity contribution in [2.24, 2.45) is 0 Å². The number of carbonyl (C=O) groups excluding carboxylic acids is 2. The summed E-state index contributed by atoms with van der Waals surface area (Å²) in [5.74, 6) is 0.0115. The third-order valence-electron chi connectivity index (χ3n) is 4.18. The smallest absolute Gasteiger partial charge is 0.315 e. The van der Waals surface area contributed by atoms with Crippen molar-refractivity contribution in [2.45, 2.75) is 45.6 Å². The minimum absolute atomic E-state index is 0.0115. The van der Waals surface area contributed by atoms with Gasteiger partial charge in [0.1, 0.15) is 0 Å². The molecule has 1 aromatic carbocycles. The summed E-state index contributed by atoms with van der Waals surface area (Å²) in [6, 6.07) is 7.70. The number of nitrogens with one attached hydrogen (secondary N) is 2. The van der Waals surface area contributed by atoms with E-state index in [1.54, 1.807) is 0 Å². The number of likely N-dealkylation sites (tertiary alicyclic amines) is 1. The van der Waals surface area contributed by atoms with Crippen LogP contribution < -0.4 is 10.6 Å². The minimum Gasteiger partial charge on any atom is -0.341 e. The molecule has 2 rings (SSSR count). The van der Waals surface area contributed by atoms with Gasteiger partial charge in [0.05, 0.1) is 6.54 Å². The molecule has 0 spiro atoms. The SMILES string of the molecule is Cc1ccc(CNC(=O)NCC(=O)N2CCCCCCC2)cc1. The molecule has 0 saturated carbocycles. The lowest BCUT2D eigenvalue weighted by molar-refractivity contribution is -0.130. The summed E-state index contributed by atoms with van der Waals surface area (Å²) in [5.41, 5.74) is 2.23. The predicted molar refractivity (Wildman–Crippen MR) is 91.1 cm³/mol. The molecular weight excluding hydrogens is 290 g/mol. The molecule has 1 saturated heterocycles. The van der Waals surface area contributed by atoms with Gasteiger partial charge in [-0.1, -0.05) is 49.1 Å². The van der Waals surface area contributed by atoms with Gasteiger partial charge in [0, 0.05) is 19.6 Å². The molecule has 0 bridgehead atoms. The predicted octanol–water partition coefficient (Wildman–Crippen LogP) is 2.59. The van der Waals surface area contributed by atoms with Crippen LogP contribution in [0.1, 0.15) is 43.2 Å². The fourth-order valence-electron chi connectivity index (χ4n) is 2.72. The van der Waals surface area contributed by atoms with E-state index in [9.17, 15) is 9.59 Å². The second kappa shape index (κ2) is 9.18.